The molecule has 2 aromatic rings. The number of benzene rings is 2. The summed E-state index contributed by atoms with van der Waals surface area (Å²) in [6, 6.07) is 17.9. The SMILES string of the molecule is CCCCCCCCCCCCCCCCCC(=O)Oc1cccc(C=Cc2ccccc2)c1. The van der Waals surface area contributed by atoms with Crippen molar-refractivity contribution < 1.29 is 9.53 Å². The highest BCUT2D eigenvalue weighted by molar-refractivity contribution is 5.74. The molecule has 0 bridgehead atoms. The van der Waals surface area contributed by atoms with E-state index in [9.17, 15) is 4.79 Å². The normalized spacial score (nSPS) is 11.2. The van der Waals surface area contributed by atoms with Gasteiger partial charge in [0, 0.05) is 6.42 Å². The number of hydrogen-bond donors (Lipinski definition) is 0. The average Bonchev–Trinajstić information content (AvgIpc) is 2.86. The minimum absolute atomic E-state index is 0.126. The summed E-state index contributed by atoms with van der Waals surface area (Å²) in [7, 11) is 0. The fourth-order valence-electron chi connectivity index (χ4n) is 4.26. The third-order valence-corrected chi connectivity index (χ3v) is 6.34. The van der Waals surface area contributed by atoms with E-state index in [-0.39, 0.29) is 5.97 Å². The van der Waals surface area contributed by atoms with E-state index >= 15 is 0 Å². The van der Waals surface area contributed by atoms with Gasteiger partial charge in [-0.05, 0) is 29.7 Å². The first-order valence-electron chi connectivity index (χ1n) is 13.8. The molecule has 0 saturated carbocycles. The van der Waals surface area contributed by atoms with E-state index in [0.717, 1.165) is 24.0 Å². The number of ether oxygens (including phenoxy) is 1. The molecule has 0 spiro atoms. The van der Waals surface area contributed by atoms with Crippen molar-refractivity contribution in [2.24, 2.45) is 0 Å². The zero-order valence-electron chi connectivity index (χ0n) is 21.5. The Kier molecular flexibility index (Phi) is 15.6. The highest BCUT2D eigenvalue weighted by Gasteiger charge is 2.05. The predicted molar refractivity (Wildman–Crippen MR) is 147 cm³/mol. The van der Waals surface area contributed by atoms with Crippen LogP contribution in [0.5, 0.6) is 5.75 Å². The molecule has 0 N–H and O–H groups in total. The van der Waals surface area contributed by atoms with Crippen molar-refractivity contribution in [3.05, 3.63) is 65.7 Å². The summed E-state index contributed by atoms with van der Waals surface area (Å²) < 4.78 is 5.55. The van der Waals surface area contributed by atoms with Crippen molar-refractivity contribution in [2.75, 3.05) is 0 Å². The van der Waals surface area contributed by atoms with Crippen LogP contribution in [0.25, 0.3) is 12.2 Å². The Morgan fingerprint density at radius 2 is 1.12 bits per heavy atom. The van der Waals surface area contributed by atoms with Gasteiger partial charge >= 0.3 is 5.97 Å². The van der Waals surface area contributed by atoms with Gasteiger partial charge in [0.2, 0.25) is 0 Å². The van der Waals surface area contributed by atoms with E-state index in [1.54, 1.807) is 0 Å². The van der Waals surface area contributed by atoms with Crippen LogP contribution < -0.4 is 4.74 Å². The maximum Gasteiger partial charge on any atom is 0.311 e. The molecule has 2 heteroatoms. The molecule has 2 rings (SSSR count). The Labute approximate surface area is 208 Å². The molecule has 0 atom stereocenters. The Balaban J connectivity index is 1.46. The predicted octanol–water partition coefficient (Wildman–Crippen LogP) is 10.0. The molecule has 34 heavy (non-hydrogen) atoms. The third-order valence-electron chi connectivity index (χ3n) is 6.34. The molecule has 0 heterocycles. The molecule has 2 aromatic carbocycles. The lowest BCUT2D eigenvalue weighted by Crippen LogP contribution is -2.07. The number of rotatable bonds is 19. The molecular formula is C32H46O2. The van der Waals surface area contributed by atoms with Crippen LogP contribution in [0.4, 0.5) is 0 Å². The lowest BCUT2D eigenvalue weighted by atomic mass is 10.0. The number of esters is 1. The molecule has 0 amide bonds. The molecular weight excluding hydrogens is 416 g/mol. The quantitative estimate of drug-likeness (QED) is 0.0898. The van der Waals surface area contributed by atoms with E-state index < -0.39 is 0 Å². The van der Waals surface area contributed by atoms with Crippen molar-refractivity contribution in [2.45, 2.75) is 110 Å². The van der Waals surface area contributed by atoms with Crippen molar-refractivity contribution in [1.29, 1.82) is 0 Å². The summed E-state index contributed by atoms with van der Waals surface area (Å²) in [5.41, 5.74) is 2.18. The van der Waals surface area contributed by atoms with Crippen LogP contribution >= 0.6 is 0 Å². The van der Waals surface area contributed by atoms with Crippen LogP contribution in [0.3, 0.4) is 0 Å². The number of unbranched alkanes of at least 4 members (excludes halogenated alkanes) is 14. The monoisotopic (exact) mass is 462 g/mol. The van der Waals surface area contributed by atoms with E-state index in [4.69, 9.17) is 4.74 Å². The van der Waals surface area contributed by atoms with Gasteiger partial charge in [-0.2, -0.15) is 0 Å². The number of hydrogen-bond acceptors (Lipinski definition) is 2. The second-order valence-corrected chi connectivity index (χ2v) is 9.49. The fourth-order valence-corrected chi connectivity index (χ4v) is 4.26. The molecule has 0 aliphatic carbocycles. The number of carbonyl (C=O) groups excluding carboxylic acids is 1. The molecule has 2 nitrogen and oxygen atoms in total. The minimum atomic E-state index is -0.126. The lowest BCUT2D eigenvalue weighted by Gasteiger charge is -2.06. The van der Waals surface area contributed by atoms with Gasteiger partial charge in [0.25, 0.3) is 0 Å². The maximum atomic E-state index is 12.2. The fraction of sp³-hybridized carbons (Fsp3) is 0.531. The van der Waals surface area contributed by atoms with Gasteiger partial charge in [0.15, 0.2) is 0 Å². The second kappa shape index (κ2) is 19.0. The molecule has 0 saturated heterocycles. The molecule has 0 aliphatic heterocycles. The van der Waals surface area contributed by atoms with Gasteiger partial charge in [-0.15, -0.1) is 0 Å². The van der Waals surface area contributed by atoms with Gasteiger partial charge in [-0.3, -0.25) is 4.79 Å². The summed E-state index contributed by atoms with van der Waals surface area (Å²) in [6.45, 7) is 2.28. The lowest BCUT2D eigenvalue weighted by molar-refractivity contribution is -0.134. The first-order chi connectivity index (χ1) is 16.8. The van der Waals surface area contributed by atoms with Gasteiger partial charge < -0.3 is 4.74 Å². The molecule has 0 aromatic heterocycles. The molecule has 0 aliphatic rings. The van der Waals surface area contributed by atoms with Crippen LogP contribution in [-0.4, -0.2) is 5.97 Å². The molecule has 0 radical (unpaired) electrons. The molecule has 0 fully saturated rings. The first-order valence-corrected chi connectivity index (χ1v) is 13.8. The second-order valence-electron chi connectivity index (χ2n) is 9.49. The van der Waals surface area contributed by atoms with Gasteiger partial charge in [0.1, 0.15) is 5.75 Å². The average molecular weight is 463 g/mol. The van der Waals surface area contributed by atoms with E-state index in [0.29, 0.717) is 12.2 Å². The van der Waals surface area contributed by atoms with Gasteiger partial charge in [-0.1, -0.05) is 151 Å². The molecule has 0 unspecified atom stereocenters. The first kappa shape index (κ1) is 27.9. The Hall–Kier alpha value is -2.35. The summed E-state index contributed by atoms with van der Waals surface area (Å²) in [5.74, 6) is 0.500. The van der Waals surface area contributed by atoms with Crippen LogP contribution in [0.2, 0.25) is 0 Å². The van der Waals surface area contributed by atoms with Crippen LogP contribution in [-0.2, 0) is 4.79 Å². The smallest absolute Gasteiger partial charge is 0.311 e. The van der Waals surface area contributed by atoms with E-state index in [2.05, 4.69) is 25.1 Å². The van der Waals surface area contributed by atoms with E-state index in [1.807, 2.05) is 48.5 Å². The van der Waals surface area contributed by atoms with E-state index in [1.165, 1.54) is 83.5 Å². The van der Waals surface area contributed by atoms with Crippen LogP contribution in [0, 0.1) is 0 Å². The zero-order chi connectivity index (χ0) is 24.1. The van der Waals surface area contributed by atoms with Crippen molar-refractivity contribution in [3.63, 3.8) is 0 Å². The Morgan fingerprint density at radius 1 is 0.618 bits per heavy atom. The summed E-state index contributed by atoms with van der Waals surface area (Å²) >= 11 is 0. The van der Waals surface area contributed by atoms with Crippen molar-refractivity contribution in [3.8, 4) is 5.75 Å². The topological polar surface area (TPSA) is 26.3 Å². The standard InChI is InChI=1S/C32H46O2/c1-2-3-4-5-6-7-8-9-10-11-12-13-14-15-19-25-32(33)34-31-24-20-23-30(28-31)27-26-29-21-17-16-18-22-29/h16-18,20-24,26-28H,2-15,19,25H2,1H3. The zero-order valence-corrected chi connectivity index (χ0v) is 21.5. The number of carbonyl (C=O) groups is 1. The van der Waals surface area contributed by atoms with Crippen LogP contribution in [0.15, 0.2) is 54.6 Å². The minimum Gasteiger partial charge on any atom is -0.427 e. The summed E-state index contributed by atoms with van der Waals surface area (Å²) in [5, 5.41) is 0. The van der Waals surface area contributed by atoms with Crippen molar-refractivity contribution in [1.82, 2.24) is 0 Å². The van der Waals surface area contributed by atoms with Gasteiger partial charge in [-0.25, -0.2) is 0 Å². The van der Waals surface area contributed by atoms with Gasteiger partial charge in [0.05, 0.1) is 0 Å². The summed E-state index contributed by atoms with van der Waals surface area (Å²) in [6.07, 6.45) is 24.5. The Bertz CT molecular complexity index is 794. The summed E-state index contributed by atoms with van der Waals surface area (Å²) in [4.78, 5) is 12.2. The Morgan fingerprint density at radius 3 is 1.71 bits per heavy atom. The highest BCUT2D eigenvalue weighted by Crippen LogP contribution is 2.18. The van der Waals surface area contributed by atoms with Crippen molar-refractivity contribution >= 4 is 18.1 Å². The molecule has 186 valence electrons. The largest absolute Gasteiger partial charge is 0.427 e. The third kappa shape index (κ3) is 14.0. The maximum absolute atomic E-state index is 12.2. The highest BCUT2D eigenvalue weighted by atomic mass is 16.5. The van der Waals surface area contributed by atoms with Crippen LogP contribution in [0.1, 0.15) is 121 Å².